The Hall–Kier alpha value is -1.59. The molecule has 0 saturated carbocycles. The molecule has 0 unspecified atom stereocenters. The van der Waals surface area contributed by atoms with E-state index in [4.69, 9.17) is 23.2 Å². The summed E-state index contributed by atoms with van der Waals surface area (Å²) in [6, 6.07) is 6.35. The van der Waals surface area contributed by atoms with Crippen molar-refractivity contribution in [2.45, 2.75) is 25.6 Å². The Morgan fingerprint density at radius 2 is 2.10 bits per heavy atom. The van der Waals surface area contributed by atoms with Gasteiger partial charge in [-0.1, -0.05) is 37.1 Å². The summed E-state index contributed by atoms with van der Waals surface area (Å²) in [4.78, 5) is 10.6. The van der Waals surface area contributed by atoms with Gasteiger partial charge in [-0.3, -0.25) is 10.1 Å². The van der Waals surface area contributed by atoms with Crippen LogP contribution in [0.2, 0.25) is 5.15 Å². The molecule has 0 radical (unpaired) electrons. The molecule has 0 saturated heterocycles. The predicted molar refractivity (Wildman–Crippen MR) is 78.8 cm³/mol. The summed E-state index contributed by atoms with van der Waals surface area (Å²) in [6.07, 6.45) is 1.63. The van der Waals surface area contributed by atoms with Gasteiger partial charge in [0.25, 0.3) is 5.69 Å². The zero-order valence-electron chi connectivity index (χ0n) is 10.8. The summed E-state index contributed by atoms with van der Waals surface area (Å²) in [7, 11) is 0. The first-order chi connectivity index (χ1) is 9.60. The van der Waals surface area contributed by atoms with Crippen molar-refractivity contribution >= 4 is 28.9 Å². The van der Waals surface area contributed by atoms with Gasteiger partial charge in [0, 0.05) is 11.6 Å². The first-order valence-corrected chi connectivity index (χ1v) is 7.07. The molecule has 2 rings (SSSR count). The Morgan fingerprint density at radius 3 is 2.70 bits per heavy atom. The average molecular weight is 314 g/mol. The second kappa shape index (κ2) is 6.24. The maximum Gasteiger partial charge on any atom is 0.294 e. The highest BCUT2D eigenvalue weighted by Gasteiger charge is 2.21. The third kappa shape index (κ3) is 2.64. The molecule has 1 aromatic heterocycles. The number of nitrogens with zero attached hydrogens (tertiary/aromatic N) is 3. The van der Waals surface area contributed by atoms with Crippen LogP contribution in [-0.2, 0) is 12.3 Å². The second-order valence-electron chi connectivity index (χ2n) is 4.26. The molecule has 0 spiro atoms. The third-order valence-electron chi connectivity index (χ3n) is 2.93. The van der Waals surface area contributed by atoms with E-state index in [9.17, 15) is 10.1 Å². The molecular weight excluding hydrogens is 301 g/mol. The maximum absolute atomic E-state index is 11.1. The van der Waals surface area contributed by atoms with Gasteiger partial charge in [0.1, 0.15) is 10.8 Å². The smallest absolute Gasteiger partial charge is 0.258 e. The molecule has 0 aliphatic rings. The van der Waals surface area contributed by atoms with Gasteiger partial charge in [0.2, 0.25) is 0 Å². The van der Waals surface area contributed by atoms with Crippen molar-refractivity contribution in [1.29, 1.82) is 0 Å². The lowest BCUT2D eigenvalue weighted by molar-refractivity contribution is -0.384. The molecule has 20 heavy (non-hydrogen) atoms. The van der Waals surface area contributed by atoms with Crippen molar-refractivity contribution in [2.75, 3.05) is 0 Å². The molecule has 0 aliphatic heterocycles. The normalized spacial score (nSPS) is 10.8. The fraction of sp³-hybridized carbons (Fsp3) is 0.308. The van der Waals surface area contributed by atoms with Gasteiger partial charge in [-0.05, 0) is 12.5 Å². The summed E-state index contributed by atoms with van der Waals surface area (Å²) >= 11 is 12.2. The first kappa shape index (κ1) is 14.8. The van der Waals surface area contributed by atoms with Gasteiger partial charge < -0.3 is 0 Å². The number of aromatic nitrogens is 2. The van der Waals surface area contributed by atoms with E-state index in [0.717, 1.165) is 24.1 Å². The number of benzene rings is 1. The minimum absolute atomic E-state index is 0.0407. The largest absolute Gasteiger partial charge is 0.294 e. The summed E-state index contributed by atoms with van der Waals surface area (Å²) in [5, 5.41) is 15.8. The highest BCUT2D eigenvalue weighted by molar-refractivity contribution is 6.31. The van der Waals surface area contributed by atoms with Crippen LogP contribution in [0.4, 0.5) is 5.69 Å². The van der Waals surface area contributed by atoms with E-state index in [1.807, 2.05) is 6.92 Å². The molecule has 0 amide bonds. The Bertz CT molecular complexity index is 641. The van der Waals surface area contributed by atoms with Gasteiger partial charge in [-0.2, -0.15) is 5.10 Å². The molecule has 1 aromatic carbocycles. The van der Waals surface area contributed by atoms with Crippen molar-refractivity contribution in [3.8, 4) is 5.69 Å². The number of halogens is 2. The van der Waals surface area contributed by atoms with E-state index in [0.29, 0.717) is 10.8 Å². The van der Waals surface area contributed by atoms with Gasteiger partial charge in [0.15, 0.2) is 0 Å². The Labute approximate surface area is 126 Å². The lowest BCUT2D eigenvalue weighted by Crippen LogP contribution is -2.02. The zero-order chi connectivity index (χ0) is 14.7. The standard InChI is InChI=1S/C13H13Cl2N3O2/c1-2-5-10-9(8-14)13(15)17(16-10)11-6-3-4-7-12(11)18(19)20/h3-4,6-7H,2,5,8H2,1H3. The summed E-state index contributed by atoms with van der Waals surface area (Å²) < 4.78 is 1.39. The minimum atomic E-state index is -0.451. The van der Waals surface area contributed by atoms with Crippen molar-refractivity contribution in [2.24, 2.45) is 0 Å². The van der Waals surface area contributed by atoms with E-state index >= 15 is 0 Å². The number of hydrogen-bond donors (Lipinski definition) is 0. The van der Waals surface area contributed by atoms with Crippen molar-refractivity contribution < 1.29 is 4.92 Å². The van der Waals surface area contributed by atoms with Crippen molar-refractivity contribution in [3.05, 3.63) is 50.8 Å². The number of rotatable bonds is 5. The lowest BCUT2D eigenvalue weighted by atomic mass is 10.2. The molecule has 5 nitrogen and oxygen atoms in total. The van der Waals surface area contributed by atoms with Gasteiger partial charge >= 0.3 is 0 Å². The Morgan fingerprint density at radius 1 is 1.40 bits per heavy atom. The number of alkyl halides is 1. The van der Waals surface area contributed by atoms with E-state index in [1.165, 1.54) is 10.7 Å². The quantitative estimate of drug-likeness (QED) is 0.474. The van der Waals surface area contributed by atoms with E-state index in [-0.39, 0.29) is 11.6 Å². The van der Waals surface area contributed by atoms with E-state index in [1.54, 1.807) is 18.2 Å². The highest BCUT2D eigenvalue weighted by Crippen LogP contribution is 2.30. The fourth-order valence-electron chi connectivity index (χ4n) is 2.00. The fourth-order valence-corrected chi connectivity index (χ4v) is 2.65. The molecular formula is C13H13Cl2N3O2. The number of para-hydroxylation sites is 2. The van der Waals surface area contributed by atoms with Crippen LogP contribution in [0.5, 0.6) is 0 Å². The number of hydrogen-bond acceptors (Lipinski definition) is 3. The van der Waals surface area contributed by atoms with Crippen LogP contribution in [0.15, 0.2) is 24.3 Å². The van der Waals surface area contributed by atoms with E-state index in [2.05, 4.69) is 5.10 Å². The lowest BCUT2D eigenvalue weighted by Gasteiger charge is -2.04. The Balaban J connectivity index is 2.62. The molecule has 0 N–H and O–H groups in total. The zero-order valence-corrected chi connectivity index (χ0v) is 12.4. The summed E-state index contributed by atoms with van der Waals surface area (Å²) in [5.41, 5.74) is 1.82. The average Bonchev–Trinajstić information content (AvgIpc) is 2.75. The van der Waals surface area contributed by atoms with Crippen molar-refractivity contribution in [3.63, 3.8) is 0 Å². The monoisotopic (exact) mass is 313 g/mol. The Kier molecular flexibility index (Phi) is 4.62. The maximum atomic E-state index is 11.1. The predicted octanol–water partition coefficient (Wildman–Crippen LogP) is 4.13. The van der Waals surface area contributed by atoms with Crippen LogP contribution in [0.1, 0.15) is 24.6 Å². The van der Waals surface area contributed by atoms with Crippen LogP contribution < -0.4 is 0 Å². The van der Waals surface area contributed by atoms with Crippen LogP contribution >= 0.6 is 23.2 Å². The molecule has 106 valence electrons. The minimum Gasteiger partial charge on any atom is -0.258 e. The molecule has 0 aliphatic carbocycles. The van der Waals surface area contributed by atoms with Crippen LogP contribution in [0.3, 0.4) is 0 Å². The number of aryl methyl sites for hydroxylation is 1. The summed E-state index contributed by atoms with van der Waals surface area (Å²) in [6.45, 7) is 2.02. The van der Waals surface area contributed by atoms with Gasteiger partial charge in [0.05, 0.1) is 16.5 Å². The molecule has 0 atom stereocenters. The topological polar surface area (TPSA) is 61.0 Å². The second-order valence-corrected chi connectivity index (χ2v) is 4.88. The highest BCUT2D eigenvalue weighted by atomic mass is 35.5. The number of nitro benzene ring substituents is 1. The van der Waals surface area contributed by atoms with Crippen LogP contribution in [0.25, 0.3) is 5.69 Å². The first-order valence-electron chi connectivity index (χ1n) is 6.16. The van der Waals surface area contributed by atoms with Gasteiger partial charge in [-0.25, -0.2) is 4.68 Å². The van der Waals surface area contributed by atoms with Crippen LogP contribution in [-0.4, -0.2) is 14.7 Å². The molecule has 0 bridgehead atoms. The van der Waals surface area contributed by atoms with E-state index < -0.39 is 4.92 Å². The molecule has 0 fully saturated rings. The molecule has 1 heterocycles. The van der Waals surface area contributed by atoms with Crippen molar-refractivity contribution in [1.82, 2.24) is 9.78 Å². The third-order valence-corrected chi connectivity index (χ3v) is 3.59. The molecule has 2 aromatic rings. The molecule has 7 heteroatoms. The van der Waals surface area contributed by atoms with Crippen LogP contribution in [0, 0.1) is 10.1 Å². The van der Waals surface area contributed by atoms with Gasteiger partial charge in [-0.15, -0.1) is 11.6 Å². The summed E-state index contributed by atoms with van der Waals surface area (Å²) in [5.74, 6) is 0.231. The SMILES string of the molecule is CCCc1nn(-c2ccccc2[N+](=O)[O-])c(Cl)c1CCl. The number of nitro groups is 1.